The highest BCUT2D eigenvalue weighted by Gasteiger charge is 2.25. The predicted molar refractivity (Wildman–Crippen MR) is 78.4 cm³/mol. The summed E-state index contributed by atoms with van der Waals surface area (Å²) in [6.45, 7) is 2.42. The molecule has 1 aromatic carbocycles. The van der Waals surface area contributed by atoms with Crippen LogP contribution in [0.3, 0.4) is 0 Å². The van der Waals surface area contributed by atoms with E-state index in [0.29, 0.717) is 6.54 Å². The lowest BCUT2D eigenvalue weighted by Gasteiger charge is -2.21. The molecule has 0 aliphatic rings. The number of benzene rings is 1. The third-order valence-electron chi connectivity index (χ3n) is 3.08. The molecule has 1 aromatic heterocycles. The zero-order valence-corrected chi connectivity index (χ0v) is 12.9. The summed E-state index contributed by atoms with van der Waals surface area (Å²) in [5, 5.41) is 2.98. The highest BCUT2D eigenvalue weighted by Crippen LogP contribution is 2.31. The number of halogens is 4. The second-order valence-corrected chi connectivity index (χ2v) is 5.40. The molecule has 0 saturated heterocycles. The first-order valence-electron chi connectivity index (χ1n) is 6.52. The minimum Gasteiger partial charge on any atom is -0.306 e. The van der Waals surface area contributed by atoms with E-state index in [0.717, 1.165) is 18.7 Å². The van der Waals surface area contributed by atoms with Crippen molar-refractivity contribution in [3.05, 3.63) is 63.6 Å². The van der Waals surface area contributed by atoms with Crippen LogP contribution >= 0.6 is 15.9 Å². The first kappa shape index (κ1) is 16.0. The third kappa shape index (κ3) is 3.44. The lowest BCUT2D eigenvalue weighted by Crippen LogP contribution is -2.26. The maximum absolute atomic E-state index is 14.3. The van der Waals surface area contributed by atoms with Crippen molar-refractivity contribution < 1.29 is 13.2 Å². The number of nitrogens with zero attached hydrogens (tertiary/aromatic N) is 1. The van der Waals surface area contributed by atoms with E-state index >= 15 is 0 Å². The zero-order chi connectivity index (χ0) is 15.4. The van der Waals surface area contributed by atoms with E-state index in [9.17, 15) is 13.2 Å². The van der Waals surface area contributed by atoms with Gasteiger partial charge in [-0.3, -0.25) is 4.98 Å². The van der Waals surface area contributed by atoms with E-state index in [1.165, 1.54) is 18.3 Å². The first-order chi connectivity index (χ1) is 10.1. The van der Waals surface area contributed by atoms with Crippen LogP contribution in [0.15, 0.2) is 35.1 Å². The molecule has 2 aromatic rings. The average Bonchev–Trinajstić information content (AvgIpc) is 2.47. The number of pyridine rings is 1. The second-order valence-electron chi connectivity index (χ2n) is 4.54. The standard InChI is InChI=1S/C15H14BrF3N2/c1-2-6-21-15(9-5-7-20-8-12(9)18)13-11(17)4-3-10(16)14(13)19/h3-5,7-8,15,21H,2,6H2,1H3. The van der Waals surface area contributed by atoms with Crippen molar-refractivity contribution in [3.63, 3.8) is 0 Å². The Morgan fingerprint density at radius 2 is 1.95 bits per heavy atom. The molecule has 1 N–H and O–H groups in total. The molecule has 0 radical (unpaired) electrons. The van der Waals surface area contributed by atoms with Crippen molar-refractivity contribution in [2.45, 2.75) is 19.4 Å². The Hall–Kier alpha value is -1.40. The summed E-state index contributed by atoms with van der Waals surface area (Å²) in [5.74, 6) is -2.06. The van der Waals surface area contributed by atoms with Gasteiger partial charge in [0.1, 0.15) is 17.5 Å². The van der Waals surface area contributed by atoms with Gasteiger partial charge in [-0.05, 0) is 47.1 Å². The van der Waals surface area contributed by atoms with E-state index in [1.54, 1.807) is 0 Å². The molecule has 1 atom stereocenters. The quantitative estimate of drug-likeness (QED) is 0.803. The molecule has 2 nitrogen and oxygen atoms in total. The summed E-state index contributed by atoms with van der Waals surface area (Å²) in [5.41, 5.74) is -0.0442. The Labute approximate surface area is 129 Å². The van der Waals surface area contributed by atoms with E-state index < -0.39 is 23.5 Å². The second kappa shape index (κ2) is 7.04. The summed E-state index contributed by atoms with van der Waals surface area (Å²) in [4.78, 5) is 3.66. The monoisotopic (exact) mass is 358 g/mol. The van der Waals surface area contributed by atoms with E-state index in [2.05, 4.69) is 26.2 Å². The fraction of sp³-hybridized carbons (Fsp3) is 0.267. The molecule has 6 heteroatoms. The maximum atomic E-state index is 14.3. The molecule has 0 fully saturated rings. The Balaban J connectivity index is 2.56. The Kier molecular flexibility index (Phi) is 5.36. The van der Waals surface area contributed by atoms with Gasteiger partial charge in [0.25, 0.3) is 0 Å². The lowest BCUT2D eigenvalue weighted by molar-refractivity contribution is 0.485. The average molecular weight is 359 g/mol. The summed E-state index contributed by atoms with van der Waals surface area (Å²) in [7, 11) is 0. The molecule has 0 spiro atoms. The summed E-state index contributed by atoms with van der Waals surface area (Å²) < 4.78 is 42.5. The molecule has 112 valence electrons. The molecule has 0 aliphatic heterocycles. The topological polar surface area (TPSA) is 24.9 Å². The third-order valence-corrected chi connectivity index (χ3v) is 3.69. The normalized spacial score (nSPS) is 12.4. The van der Waals surface area contributed by atoms with Gasteiger partial charge in [-0.25, -0.2) is 13.2 Å². The number of hydrogen-bond donors (Lipinski definition) is 1. The molecular formula is C15H14BrF3N2. The van der Waals surface area contributed by atoms with Crippen LogP contribution in [0.5, 0.6) is 0 Å². The summed E-state index contributed by atoms with van der Waals surface area (Å²) in [6.07, 6.45) is 3.18. The fourth-order valence-electron chi connectivity index (χ4n) is 2.08. The summed E-state index contributed by atoms with van der Waals surface area (Å²) in [6, 6.07) is 2.95. The van der Waals surface area contributed by atoms with Gasteiger partial charge in [0, 0.05) is 17.3 Å². The number of nitrogens with one attached hydrogen (secondary N) is 1. The van der Waals surface area contributed by atoms with Gasteiger partial charge in [0.2, 0.25) is 0 Å². The maximum Gasteiger partial charge on any atom is 0.146 e. The van der Waals surface area contributed by atoms with Crippen molar-refractivity contribution >= 4 is 15.9 Å². The number of hydrogen-bond acceptors (Lipinski definition) is 2. The van der Waals surface area contributed by atoms with Crippen LogP contribution in [-0.4, -0.2) is 11.5 Å². The Morgan fingerprint density at radius 1 is 1.19 bits per heavy atom. The van der Waals surface area contributed by atoms with Gasteiger partial charge in [-0.15, -0.1) is 0 Å². The van der Waals surface area contributed by atoms with Gasteiger partial charge in [0.15, 0.2) is 0 Å². The molecule has 0 saturated carbocycles. The zero-order valence-electron chi connectivity index (χ0n) is 11.3. The molecule has 0 bridgehead atoms. The lowest BCUT2D eigenvalue weighted by atomic mass is 9.98. The highest BCUT2D eigenvalue weighted by molar-refractivity contribution is 9.10. The minimum absolute atomic E-state index is 0.136. The van der Waals surface area contributed by atoms with Crippen molar-refractivity contribution in [2.75, 3.05) is 6.54 Å². The fourth-order valence-corrected chi connectivity index (χ4v) is 2.43. The van der Waals surface area contributed by atoms with Crippen LogP contribution in [-0.2, 0) is 0 Å². The molecule has 2 rings (SSSR count). The van der Waals surface area contributed by atoms with Crippen LogP contribution in [0, 0.1) is 17.5 Å². The minimum atomic E-state index is -0.912. The molecule has 1 heterocycles. The molecule has 1 unspecified atom stereocenters. The molecule has 0 aliphatic carbocycles. The van der Waals surface area contributed by atoms with Gasteiger partial charge in [-0.2, -0.15) is 0 Å². The van der Waals surface area contributed by atoms with Crippen LogP contribution < -0.4 is 5.32 Å². The highest BCUT2D eigenvalue weighted by atomic mass is 79.9. The number of aromatic nitrogens is 1. The van der Waals surface area contributed by atoms with E-state index in [4.69, 9.17) is 0 Å². The van der Waals surface area contributed by atoms with Crippen LogP contribution in [0.25, 0.3) is 0 Å². The van der Waals surface area contributed by atoms with Crippen LogP contribution in [0.4, 0.5) is 13.2 Å². The van der Waals surface area contributed by atoms with Gasteiger partial charge in [0.05, 0.1) is 16.7 Å². The number of rotatable bonds is 5. The van der Waals surface area contributed by atoms with Gasteiger partial charge < -0.3 is 5.32 Å². The van der Waals surface area contributed by atoms with Crippen molar-refractivity contribution in [1.82, 2.24) is 10.3 Å². The van der Waals surface area contributed by atoms with Gasteiger partial charge in [-0.1, -0.05) is 6.92 Å². The first-order valence-corrected chi connectivity index (χ1v) is 7.31. The van der Waals surface area contributed by atoms with Crippen molar-refractivity contribution in [3.8, 4) is 0 Å². The van der Waals surface area contributed by atoms with Crippen LogP contribution in [0.1, 0.15) is 30.5 Å². The SMILES string of the molecule is CCCNC(c1ccncc1F)c1c(F)ccc(Br)c1F. The van der Waals surface area contributed by atoms with Crippen molar-refractivity contribution in [2.24, 2.45) is 0 Å². The van der Waals surface area contributed by atoms with E-state index in [-0.39, 0.29) is 15.6 Å². The van der Waals surface area contributed by atoms with Gasteiger partial charge >= 0.3 is 0 Å². The molecule has 21 heavy (non-hydrogen) atoms. The predicted octanol–water partition coefficient (Wildman–Crippen LogP) is 4.35. The molecule has 0 amide bonds. The summed E-state index contributed by atoms with van der Waals surface area (Å²) >= 11 is 3.03. The van der Waals surface area contributed by atoms with E-state index in [1.807, 2.05) is 6.92 Å². The Bertz CT molecular complexity index is 634. The largest absolute Gasteiger partial charge is 0.306 e. The molecular weight excluding hydrogens is 345 g/mol. The smallest absolute Gasteiger partial charge is 0.146 e. The Morgan fingerprint density at radius 3 is 2.62 bits per heavy atom. The van der Waals surface area contributed by atoms with Crippen LogP contribution in [0.2, 0.25) is 0 Å². The van der Waals surface area contributed by atoms with Crippen molar-refractivity contribution in [1.29, 1.82) is 0 Å².